The van der Waals surface area contributed by atoms with Gasteiger partial charge < -0.3 is 9.64 Å². The van der Waals surface area contributed by atoms with E-state index in [1.54, 1.807) is 53.7 Å². The predicted molar refractivity (Wildman–Crippen MR) is 135 cm³/mol. The van der Waals surface area contributed by atoms with Crippen LogP contribution >= 0.6 is 22.9 Å². The van der Waals surface area contributed by atoms with E-state index in [2.05, 4.69) is 6.07 Å². The SMILES string of the molecule is COCCCN(CC(=O)N1CCc2sccc2C1c1ccc(Cl)cc1)S(=O)(=O)c1ccccc1. The quantitative estimate of drug-likeness (QED) is 0.388. The van der Waals surface area contributed by atoms with Crippen molar-refractivity contribution < 1.29 is 17.9 Å². The minimum absolute atomic E-state index is 0.174. The van der Waals surface area contributed by atoms with Crippen LogP contribution < -0.4 is 0 Å². The lowest BCUT2D eigenvalue weighted by atomic mass is 9.93. The van der Waals surface area contributed by atoms with Gasteiger partial charge in [0.25, 0.3) is 0 Å². The number of halogens is 1. The fraction of sp³-hybridized carbons (Fsp3) is 0.320. The third-order valence-electron chi connectivity index (χ3n) is 5.92. The molecule has 0 N–H and O–H groups in total. The summed E-state index contributed by atoms with van der Waals surface area (Å²) in [5.74, 6) is -0.228. The summed E-state index contributed by atoms with van der Waals surface area (Å²) in [6.45, 7) is 0.895. The smallest absolute Gasteiger partial charge is 0.243 e. The van der Waals surface area contributed by atoms with E-state index >= 15 is 0 Å². The van der Waals surface area contributed by atoms with Gasteiger partial charge in [-0.15, -0.1) is 11.3 Å². The molecule has 0 aliphatic carbocycles. The minimum atomic E-state index is -3.84. The maximum absolute atomic E-state index is 13.7. The van der Waals surface area contributed by atoms with Gasteiger partial charge in [-0.05, 0) is 59.7 Å². The second-order valence-corrected chi connectivity index (χ2v) is 11.5. The fourth-order valence-electron chi connectivity index (χ4n) is 4.24. The second-order valence-electron chi connectivity index (χ2n) is 8.09. The molecule has 0 radical (unpaired) electrons. The third kappa shape index (κ3) is 5.37. The van der Waals surface area contributed by atoms with E-state index < -0.39 is 10.0 Å². The van der Waals surface area contributed by atoms with Crippen LogP contribution in [0.5, 0.6) is 0 Å². The lowest BCUT2D eigenvalue weighted by molar-refractivity contribution is -0.133. The monoisotopic (exact) mass is 518 g/mol. The number of fused-ring (bicyclic) bond motifs is 1. The Kier molecular flexibility index (Phi) is 8.06. The van der Waals surface area contributed by atoms with E-state index in [1.807, 2.05) is 29.6 Å². The number of thiophene rings is 1. The Morgan fingerprint density at radius 1 is 1.15 bits per heavy atom. The average molecular weight is 519 g/mol. The molecule has 0 saturated carbocycles. The van der Waals surface area contributed by atoms with Crippen LogP contribution in [0.2, 0.25) is 5.02 Å². The van der Waals surface area contributed by atoms with Crippen LogP contribution in [0.15, 0.2) is 70.9 Å². The zero-order chi connectivity index (χ0) is 24.1. The molecule has 1 aromatic heterocycles. The molecular weight excluding hydrogens is 492 g/mol. The first-order valence-corrected chi connectivity index (χ1v) is 13.8. The Morgan fingerprint density at radius 2 is 1.88 bits per heavy atom. The Labute approximate surface area is 209 Å². The summed E-state index contributed by atoms with van der Waals surface area (Å²) in [4.78, 5) is 16.9. The van der Waals surface area contributed by atoms with Gasteiger partial charge in [-0.2, -0.15) is 4.31 Å². The van der Waals surface area contributed by atoms with Crippen LogP contribution in [-0.4, -0.2) is 56.9 Å². The summed E-state index contributed by atoms with van der Waals surface area (Å²) in [7, 11) is -2.26. The van der Waals surface area contributed by atoms with Gasteiger partial charge in [0.2, 0.25) is 15.9 Å². The van der Waals surface area contributed by atoms with Crippen molar-refractivity contribution in [2.75, 3.05) is 33.4 Å². The Morgan fingerprint density at radius 3 is 2.59 bits per heavy atom. The van der Waals surface area contributed by atoms with Crippen molar-refractivity contribution in [3.05, 3.63) is 87.1 Å². The summed E-state index contributed by atoms with van der Waals surface area (Å²) in [5, 5.41) is 2.67. The summed E-state index contributed by atoms with van der Waals surface area (Å²) < 4.78 is 33.2. The van der Waals surface area contributed by atoms with Crippen LogP contribution in [0.3, 0.4) is 0 Å². The number of carbonyl (C=O) groups is 1. The summed E-state index contributed by atoms with van der Waals surface area (Å²) in [6.07, 6.45) is 1.24. The number of sulfonamides is 1. The van der Waals surface area contributed by atoms with Crippen LogP contribution in [-0.2, 0) is 26.0 Å². The van der Waals surface area contributed by atoms with Crippen LogP contribution in [0, 0.1) is 0 Å². The molecule has 34 heavy (non-hydrogen) atoms. The Balaban J connectivity index is 1.64. The van der Waals surface area contributed by atoms with Crippen LogP contribution in [0.25, 0.3) is 0 Å². The number of carbonyl (C=O) groups excluding carboxylic acids is 1. The number of amides is 1. The molecule has 0 bridgehead atoms. The van der Waals surface area contributed by atoms with E-state index in [-0.39, 0.29) is 29.9 Å². The van der Waals surface area contributed by atoms with Gasteiger partial charge in [0, 0.05) is 36.7 Å². The van der Waals surface area contributed by atoms with Crippen LogP contribution in [0.1, 0.15) is 28.5 Å². The summed E-state index contributed by atoms with van der Waals surface area (Å²) in [6, 6.07) is 17.5. The normalized spacial score (nSPS) is 16.0. The number of hydrogen-bond donors (Lipinski definition) is 0. The second kappa shape index (κ2) is 11.0. The highest BCUT2D eigenvalue weighted by atomic mass is 35.5. The number of rotatable bonds is 9. The average Bonchev–Trinajstić information content (AvgIpc) is 3.33. The minimum Gasteiger partial charge on any atom is -0.385 e. The van der Waals surface area contributed by atoms with Crippen molar-refractivity contribution in [3.8, 4) is 0 Å². The molecule has 1 atom stereocenters. The molecule has 1 aliphatic heterocycles. The van der Waals surface area contributed by atoms with E-state index in [0.29, 0.717) is 24.6 Å². The largest absolute Gasteiger partial charge is 0.385 e. The van der Waals surface area contributed by atoms with Gasteiger partial charge in [0.15, 0.2) is 0 Å². The van der Waals surface area contributed by atoms with Gasteiger partial charge in [0.1, 0.15) is 0 Å². The molecule has 2 heterocycles. The van der Waals surface area contributed by atoms with Crippen molar-refractivity contribution in [1.82, 2.24) is 9.21 Å². The Bertz CT molecular complexity index is 1210. The molecular formula is C25H27ClN2O4S2. The number of methoxy groups -OCH3 is 1. The standard InChI is InChI=1S/C25H27ClN2O4S2/c1-32-16-5-14-27(34(30,31)21-6-3-2-4-7-21)18-24(29)28-15-12-23-22(13-17-33-23)25(28)19-8-10-20(26)11-9-19/h2-4,6-11,13,17,25H,5,12,14-16,18H2,1H3. The molecule has 0 saturated heterocycles. The number of hydrogen-bond acceptors (Lipinski definition) is 5. The van der Waals surface area contributed by atoms with Crippen molar-refractivity contribution in [1.29, 1.82) is 0 Å². The number of ether oxygens (including phenoxy) is 1. The molecule has 9 heteroatoms. The molecule has 1 amide bonds. The van der Waals surface area contributed by atoms with Gasteiger partial charge >= 0.3 is 0 Å². The van der Waals surface area contributed by atoms with Gasteiger partial charge in [-0.25, -0.2) is 8.42 Å². The van der Waals surface area contributed by atoms with Gasteiger partial charge in [-0.1, -0.05) is 41.9 Å². The molecule has 180 valence electrons. The van der Waals surface area contributed by atoms with Gasteiger partial charge in [0.05, 0.1) is 17.5 Å². The zero-order valence-corrected chi connectivity index (χ0v) is 21.3. The predicted octanol–water partition coefficient (Wildman–Crippen LogP) is 4.60. The molecule has 1 aliphatic rings. The highest BCUT2D eigenvalue weighted by molar-refractivity contribution is 7.89. The maximum atomic E-state index is 13.7. The van der Waals surface area contributed by atoms with E-state index in [9.17, 15) is 13.2 Å². The topological polar surface area (TPSA) is 66.9 Å². The third-order valence-corrected chi connectivity index (χ3v) is 9.03. The van der Waals surface area contributed by atoms with Gasteiger partial charge in [-0.3, -0.25) is 4.79 Å². The van der Waals surface area contributed by atoms with E-state index in [1.165, 1.54) is 9.18 Å². The van der Waals surface area contributed by atoms with Crippen molar-refractivity contribution in [2.24, 2.45) is 0 Å². The lowest BCUT2D eigenvalue weighted by Gasteiger charge is -2.37. The first-order valence-electron chi connectivity index (χ1n) is 11.1. The highest BCUT2D eigenvalue weighted by Crippen LogP contribution is 2.38. The first-order chi connectivity index (χ1) is 16.4. The van der Waals surface area contributed by atoms with Crippen molar-refractivity contribution in [2.45, 2.75) is 23.8 Å². The fourth-order valence-corrected chi connectivity index (χ4v) is 6.72. The van der Waals surface area contributed by atoms with Crippen molar-refractivity contribution in [3.63, 3.8) is 0 Å². The molecule has 3 aromatic rings. The zero-order valence-electron chi connectivity index (χ0n) is 18.9. The molecule has 1 unspecified atom stereocenters. The summed E-state index contributed by atoms with van der Waals surface area (Å²) >= 11 is 7.79. The number of nitrogens with zero attached hydrogens (tertiary/aromatic N) is 2. The molecule has 4 rings (SSSR count). The molecule has 0 spiro atoms. The van der Waals surface area contributed by atoms with E-state index in [0.717, 1.165) is 17.5 Å². The molecule has 6 nitrogen and oxygen atoms in total. The first kappa shape index (κ1) is 24.9. The molecule has 0 fully saturated rings. The van der Waals surface area contributed by atoms with Crippen LogP contribution in [0.4, 0.5) is 0 Å². The molecule has 2 aromatic carbocycles. The number of benzene rings is 2. The maximum Gasteiger partial charge on any atom is 0.243 e. The Hall–Kier alpha value is -2.23. The highest BCUT2D eigenvalue weighted by Gasteiger charge is 2.35. The lowest BCUT2D eigenvalue weighted by Crippen LogP contribution is -2.47. The summed E-state index contributed by atoms with van der Waals surface area (Å²) in [5.41, 5.74) is 2.04. The van der Waals surface area contributed by atoms with E-state index in [4.69, 9.17) is 16.3 Å². The van der Waals surface area contributed by atoms with Crippen molar-refractivity contribution >= 4 is 38.9 Å².